The van der Waals surface area contributed by atoms with Crippen molar-refractivity contribution in [1.29, 1.82) is 0 Å². The minimum Gasteiger partial charge on any atom is -0.462 e. The minimum absolute atomic E-state index is 0.0744. The minimum atomic E-state index is -0.416. The average molecular weight is 253 g/mol. The van der Waals surface area contributed by atoms with E-state index in [9.17, 15) is 0 Å². The number of hydrogen-bond donors (Lipinski definition) is 1. The van der Waals surface area contributed by atoms with Gasteiger partial charge >= 0.3 is 0 Å². The Labute approximate surface area is 110 Å². The number of rotatable bonds is 0. The zero-order valence-corrected chi connectivity index (χ0v) is 10.5. The van der Waals surface area contributed by atoms with Gasteiger partial charge in [-0.2, -0.15) is 0 Å². The summed E-state index contributed by atoms with van der Waals surface area (Å²) in [5, 5.41) is 2.89. The first-order chi connectivity index (χ1) is 8.78. The molecule has 0 saturated carbocycles. The van der Waals surface area contributed by atoms with E-state index in [2.05, 4.69) is 54.0 Å². The van der Waals surface area contributed by atoms with Gasteiger partial charge in [0, 0.05) is 0 Å². The van der Waals surface area contributed by atoms with Gasteiger partial charge in [-0.1, -0.05) is 49.0 Å². The average Bonchev–Trinajstić information content (AvgIpc) is 2.69. The molecule has 1 aromatic carbocycles. The summed E-state index contributed by atoms with van der Waals surface area (Å²) in [6.07, 6.45) is 10.5. The van der Waals surface area contributed by atoms with Crippen LogP contribution in [0.4, 0.5) is 0 Å². The highest BCUT2D eigenvalue weighted by molar-refractivity contribution is 7.96. The van der Waals surface area contributed by atoms with Gasteiger partial charge in [-0.05, 0) is 34.2 Å². The molecule has 18 heavy (non-hydrogen) atoms. The van der Waals surface area contributed by atoms with Crippen molar-refractivity contribution < 1.29 is 4.74 Å². The van der Waals surface area contributed by atoms with Crippen LogP contribution in [0.1, 0.15) is 0 Å². The zero-order chi connectivity index (χ0) is 12.2. The first kappa shape index (κ1) is 10.2. The maximum Gasteiger partial charge on any atom is 0.244 e. The van der Waals surface area contributed by atoms with Gasteiger partial charge in [0.05, 0.1) is 0 Å². The Morgan fingerprint density at radius 2 is 2.06 bits per heavy atom. The molecule has 0 aromatic heterocycles. The topological polar surface area (TPSA) is 21.6 Å². The van der Waals surface area contributed by atoms with Gasteiger partial charge in [0.2, 0.25) is 5.23 Å². The summed E-state index contributed by atoms with van der Waals surface area (Å²) in [5.41, 5.74) is 0.748. The second-order valence-corrected chi connectivity index (χ2v) is 5.07. The largest absolute Gasteiger partial charge is 0.462 e. The molecule has 1 aromatic rings. The van der Waals surface area contributed by atoms with Crippen LogP contribution < -0.4 is 10.4 Å². The zero-order valence-electron chi connectivity index (χ0n) is 9.58. The molecule has 0 amide bonds. The van der Waals surface area contributed by atoms with Gasteiger partial charge < -0.3 is 4.74 Å². The number of nitrogens with zero attached hydrogens (tertiary/aromatic N) is 1. The summed E-state index contributed by atoms with van der Waals surface area (Å²) < 4.78 is 5.68. The Morgan fingerprint density at radius 3 is 2.94 bits per heavy atom. The van der Waals surface area contributed by atoms with Gasteiger partial charge in [-0.25, -0.2) is 4.99 Å². The fraction of sp³-hybridized carbons (Fsp3) is 0.133. The third-order valence-corrected chi connectivity index (χ3v) is 3.86. The molecule has 1 spiro atoms. The summed E-state index contributed by atoms with van der Waals surface area (Å²) in [4.78, 5) is 4.62. The van der Waals surface area contributed by atoms with E-state index >= 15 is 0 Å². The first-order valence-corrected chi connectivity index (χ1v) is 6.37. The maximum atomic E-state index is 5.68. The Balaban J connectivity index is 2.08. The number of aliphatic imine (C=N–C) groups is 1. The second-order valence-electron chi connectivity index (χ2n) is 4.68. The normalized spacial score (nSPS) is 30.8. The molecule has 88 valence electrons. The first-order valence-electron chi connectivity index (χ1n) is 5.92. The lowest BCUT2D eigenvalue weighted by Gasteiger charge is -2.31. The molecule has 4 rings (SSSR count). The van der Waals surface area contributed by atoms with Crippen molar-refractivity contribution in [2.75, 3.05) is 0 Å². The predicted octanol–water partition coefficient (Wildman–Crippen LogP) is 1.18. The van der Waals surface area contributed by atoms with Crippen molar-refractivity contribution in [2.45, 2.75) is 11.6 Å². The fourth-order valence-electron chi connectivity index (χ4n) is 2.80. The summed E-state index contributed by atoms with van der Waals surface area (Å²) >= 11 is 4.26. The molecular formula is C15H11NOS. The molecule has 2 atom stereocenters. The summed E-state index contributed by atoms with van der Waals surface area (Å²) in [5.74, 6) is 0. The van der Waals surface area contributed by atoms with Crippen LogP contribution >= 0.6 is 12.6 Å². The molecule has 0 fully saturated rings. The van der Waals surface area contributed by atoms with Crippen molar-refractivity contribution in [2.24, 2.45) is 4.99 Å². The van der Waals surface area contributed by atoms with Crippen LogP contribution in [0.5, 0.6) is 0 Å². The van der Waals surface area contributed by atoms with Gasteiger partial charge in [-0.3, -0.25) is 0 Å². The lowest BCUT2D eigenvalue weighted by Crippen LogP contribution is -2.45. The van der Waals surface area contributed by atoms with Crippen LogP contribution in [0.3, 0.4) is 0 Å². The van der Waals surface area contributed by atoms with E-state index in [1.165, 1.54) is 10.4 Å². The molecule has 0 bridgehead atoms. The highest BCUT2D eigenvalue weighted by Crippen LogP contribution is 2.40. The van der Waals surface area contributed by atoms with E-state index < -0.39 is 5.54 Å². The van der Waals surface area contributed by atoms with Crippen LogP contribution in [0.2, 0.25) is 0 Å². The van der Waals surface area contributed by atoms with E-state index in [0.717, 1.165) is 5.57 Å². The molecule has 2 aliphatic carbocycles. The molecule has 0 radical (unpaired) electrons. The Kier molecular flexibility index (Phi) is 1.92. The monoisotopic (exact) mass is 253 g/mol. The summed E-state index contributed by atoms with van der Waals surface area (Å²) in [6, 6.07) is 8.33. The van der Waals surface area contributed by atoms with E-state index in [-0.39, 0.29) is 6.10 Å². The quantitative estimate of drug-likeness (QED) is 0.689. The molecule has 1 heterocycles. The number of thiol groups is 1. The van der Waals surface area contributed by atoms with Gasteiger partial charge in [0.15, 0.2) is 6.10 Å². The lowest BCUT2D eigenvalue weighted by molar-refractivity contribution is 0.237. The van der Waals surface area contributed by atoms with Crippen molar-refractivity contribution in [3.8, 4) is 0 Å². The fourth-order valence-corrected chi connectivity index (χ4v) is 3.08. The van der Waals surface area contributed by atoms with Gasteiger partial charge in [-0.15, -0.1) is 0 Å². The van der Waals surface area contributed by atoms with Crippen molar-refractivity contribution in [3.05, 3.63) is 58.5 Å². The third-order valence-electron chi connectivity index (χ3n) is 3.65. The molecule has 0 N–H and O–H groups in total. The Bertz CT molecular complexity index is 744. The highest BCUT2D eigenvalue weighted by Gasteiger charge is 2.46. The predicted molar refractivity (Wildman–Crippen MR) is 75.9 cm³/mol. The van der Waals surface area contributed by atoms with E-state index in [4.69, 9.17) is 4.74 Å². The maximum absolute atomic E-state index is 5.68. The lowest BCUT2D eigenvalue weighted by atomic mass is 9.78. The van der Waals surface area contributed by atoms with Crippen LogP contribution in [0.15, 0.2) is 53.1 Å². The molecule has 3 heteroatoms. The van der Waals surface area contributed by atoms with Gasteiger partial charge in [0.1, 0.15) is 5.54 Å². The van der Waals surface area contributed by atoms with Crippen molar-refractivity contribution in [1.82, 2.24) is 0 Å². The van der Waals surface area contributed by atoms with E-state index in [1.54, 1.807) is 0 Å². The third kappa shape index (κ3) is 1.22. The van der Waals surface area contributed by atoms with Crippen LogP contribution in [0, 0.1) is 0 Å². The van der Waals surface area contributed by atoms with E-state index in [1.807, 2.05) is 18.2 Å². The summed E-state index contributed by atoms with van der Waals surface area (Å²) in [7, 11) is 0. The standard InChI is InChI=1S/C15H11NOS/c18-14-16-15-9-11-5-2-1-4-10(11)8-12(15)6-3-7-13(15)17-14/h1-9,13H,(H,16,18). The SMILES string of the molecule is SC1=NC23C=c4ccccc4=CC2=CC=CC3O1. The molecular weight excluding hydrogens is 242 g/mol. The Hall–Kier alpha value is -1.74. The van der Waals surface area contributed by atoms with E-state index in [0.29, 0.717) is 5.23 Å². The van der Waals surface area contributed by atoms with Crippen LogP contribution in [-0.2, 0) is 4.74 Å². The molecule has 1 aliphatic heterocycles. The van der Waals surface area contributed by atoms with Crippen molar-refractivity contribution in [3.63, 3.8) is 0 Å². The number of ether oxygens (including phenoxy) is 1. The van der Waals surface area contributed by atoms with Crippen LogP contribution in [0.25, 0.3) is 12.2 Å². The smallest absolute Gasteiger partial charge is 0.244 e. The molecule has 2 unspecified atom stereocenters. The molecule has 2 nitrogen and oxygen atoms in total. The Morgan fingerprint density at radius 1 is 1.22 bits per heavy atom. The summed E-state index contributed by atoms with van der Waals surface area (Å²) in [6.45, 7) is 0. The molecule has 3 aliphatic rings. The number of fused-ring (bicyclic) bond motifs is 1. The number of hydrogen-bond acceptors (Lipinski definition) is 2. The number of allylic oxidation sites excluding steroid dienone is 2. The molecule has 0 saturated heterocycles. The highest BCUT2D eigenvalue weighted by atomic mass is 32.1. The van der Waals surface area contributed by atoms with Crippen molar-refractivity contribution >= 4 is 30.0 Å². The van der Waals surface area contributed by atoms with Gasteiger partial charge in [0.25, 0.3) is 0 Å². The number of benzene rings is 1. The second kappa shape index (κ2) is 3.39. The van der Waals surface area contributed by atoms with Crippen LogP contribution in [-0.4, -0.2) is 16.9 Å².